The summed E-state index contributed by atoms with van der Waals surface area (Å²) in [6.45, 7) is 8.57. The molecule has 2 aliphatic carbocycles. The summed E-state index contributed by atoms with van der Waals surface area (Å²) in [5.74, 6) is -1.34. The summed E-state index contributed by atoms with van der Waals surface area (Å²) >= 11 is 0. The first kappa shape index (κ1) is 20.3. The molecule has 7 atom stereocenters. The lowest BCUT2D eigenvalue weighted by atomic mass is 9.51. The summed E-state index contributed by atoms with van der Waals surface area (Å²) in [5, 5.41) is 0. The predicted octanol–water partition coefficient (Wildman–Crippen LogP) is 1.70. The van der Waals surface area contributed by atoms with Gasteiger partial charge in [-0.25, -0.2) is 0 Å². The minimum Gasteiger partial charge on any atom is -0.465 e. The number of hydrogen-bond acceptors (Lipinski definition) is 8. The van der Waals surface area contributed by atoms with E-state index in [2.05, 4.69) is 6.08 Å². The lowest BCUT2D eigenvalue weighted by Gasteiger charge is -2.57. The van der Waals surface area contributed by atoms with Gasteiger partial charge in [-0.3, -0.25) is 14.4 Å². The summed E-state index contributed by atoms with van der Waals surface area (Å²) in [5.41, 5.74) is -1.04. The highest BCUT2D eigenvalue weighted by molar-refractivity contribution is 5.68. The van der Waals surface area contributed by atoms with E-state index in [1.165, 1.54) is 26.3 Å². The lowest BCUT2D eigenvalue weighted by molar-refractivity contribution is -0.233. The molecule has 4 aliphatic rings. The molecule has 0 amide bonds. The van der Waals surface area contributed by atoms with E-state index in [0.29, 0.717) is 13.0 Å². The standard InChI is InChI=1S/C21H28O8/c1-11-6-7-20(9-25-12(2)22)15(8-11)29-18-16(27-13(3)23)17(28-14(4)24)19(20,5)21(18)10-26-21/h8,15-18H,6-7,9-10H2,1-5H3/t15?,16-,17-,18-,19-,20?,21+/m0/s1. The average Bonchev–Trinajstić information content (AvgIpc) is 3.40. The Bertz CT molecular complexity index is 784. The number of rotatable bonds is 4. The molecule has 0 aromatic heterocycles. The van der Waals surface area contributed by atoms with E-state index in [-0.39, 0.29) is 18.7 Å². The normalized spacial score (nSPS) is 44.5. The Morgan fingerprint density at radius 2 is 1.79 bits per heavy atom. The van der Waals surface area contributed by atoms with E-state index in [0.717, 1.165) is 6.42 Å². The third kappa shape index (κ3) is 2.68. The zero-order valence-corrected chi connectivity index (χ0v) is 17.5. The molecule has 0 radical (unpaired) electrons. The van der Waals surface area contributed by atoms with Gasteiger partial charge in [0, 0.05) is 26.2 Å². The largest absolute Gasteiger partial charge is 0.465 e. The summed E-state index contributed by atoms with van der Waals surface area (Å²) in [7, 11) is 0. The van der Waals surface area contributed by atoms with Crippen molar-refractivity contribution >= 4 is 17.9 Å². The smallest absolute Gasteiger partial charge is 0.303 e. The van der Waals surface area contributed by atoms with Crippen LogP contribution in [0.15, 0.2) is 11.6 Å². The fraction of sp³-hybridized carbons (Fsp3) is 0.762. The highest BCUT2D eigenvalue weighted by Crippen LogP contribution is 2.72. The Labute approximate surface area is 169 Å². The van der Waals surface area contributed by atoms with Crippen LogP contribution < -0.4 is 0 Å². The van der Waals surface area contributed by atoms with E-state index in [9.17, 15) is 14.4 Å². The van der Waals surface area contributed by atoms with Crippen molar-refractivity contribution in [3.63, 3.8) is 0 Å². The molecule has 160 valence electrons. The third-order valence-corrected chi connectivity index (χ3v) is 7.36. The van der Waals surface area contributed by atoms with Crippen molar-refractivity contribution in [1.82, 2.24) is 0 Å². The fourth-order valence-corrected chi connectivity index (χ4v) is 5.88. The van der Waals surface area contributed by atoms with Gasteiger partial charge in [-0.15, -0.1) is 0 Å². The molecule has 1 spiro atoms. The van der Waals surface area contributed by atoms with Crippen LogP contribution in [0.5, 0.6) is 0 Å². The maximum absolute atomic E-state index is 12.0. The number of allylic oxidation sites excluding steroid dienone is 1. The molecule has 0 aromatic carbocycles. The zero-order valence-electron chi connectivity index (χ0n) is 17.5. The lowest BCUT2D eigenvalue weighted by Crippen LogP contribution is -2.66. The van der Waals surface area contributed by atoms with Gasteiger partial charge in [-0.1, -0.05) is 18.6 Å². The van der Waals surface area contributed by atoms with Crippen LogP contribution in [0, 0.1) is 10.8 Å². The molecule has 4 rings (SSSR count). The van der Waals surface area contributed by atoms with Crippen molar-refractivity contribution in [1.29, 1.82) is 0 Å². The molecule has 2 heterocycles. The van der Waals surface area contributed by atoms with Crippen LogP contribution in [-0.2, 0) is 38.1 Å². The maximum atomic E-state index is 12.0. The topological polar surface area (TPSA) is 101 Å². The molecule has 8 heteroatoms. The van der Waals surface area contributed by atoms with Crippen LogP contribution in [-0.4, -0.2) is 61.1 Å². The third-order valence-electron chi connectivity index (χ3n) is 7.36. The second kappa shape index (κ2) is 6.54. The summed E-state index contributed by atoms with van der Waals surface area (Å²) in [6, 6.07) is 0. The molecule has 0 N–H and O–H groups in total. The van der Waals surface area contributed by atoms with E-state index >= 15 is 0 Å². The first-order chi connectivity index (χ1) is 13.6. The number of carbonyl (C=O) groups excluding carboxylic acids is 3. The van der Waals surface area contributed by atoms with Crippen LogP contribution in [0.4, 0.5) is 0 Å². The van der Waals surface area contributed by atoms with Crippen molar-refractivity contribution in [3.8, 4) is 0 Å². The Morgan fingerprint density at radius 1 is 1.14 bits per heavy atom. The van der Waals surface area contributed by atoms with Crippen molar-refractivity contribution < 1.29 is 38.1 Å². The Kier molecular flexibility index (Phi) is 4.59. The molecule has 2 aliphatic heterocycles. The van der Waals surface area contributed by atoms with Gasteiger partial charge in [-0.2, -0.15) is 0 Å². The van der Waals surface area contributed by atoms with E-state index in [1.807, 2.05) is 13.8 Å². The molecule has 0 aromatic rings. The number of carbonyl (C=O) groups is 3. The maximum Gasteiger partial charge on any atom is 0.303 e. The monoisotopic (exact) mass is 408 g/mol. The van der Waals surface area contributed by atoms with Gasteiger partial charge in [0.15, 0.2) is 12.2 Å². The molecule has 2 bridgehead atoms. The summed E-state index contributed by atoms with van der Waals surface area (Å²) < 4.78 is 29.4. The minimum atomic E-state index is -0.794. The molecular formula is C21H28O8. The van der Waals surface area contributed by atoms with Crippen molar-refractivity contribution in [2.45, 2.75) is 77.5 Å². The van der Waals surface area contributed by atoms with Crippen molar-refractivity contribution in [2.75, 3.05) is 13.2 Å². The molecule has 2 unspecified atom stereocenters. The number of esters is 3. The van der Waals surface area contributed by atoms with Crippen LogP contribution in [0.3, 0.4) is 0 Å². The highest BCUT2D eigenvalue weighted by Gasteiger charge is 2.86. The van der Waals surface area contributed by atoms with E-state index in [1.54, 1.807) is 0 Å². The van der Waals surface area contributed by atoms with Crippen LogP contribution in [0.25, 0.3) is 0 Å². The minimum absolute atomic E-state index is 0.107. The molecule has 3 fully saturated rings. The number of ether oxygens (including phenoxy) is 5. The fourth-order valence-electron chi connectivity index (χ4n) is 5.88. The van der Waals surface area contributed by atoms with Crippen LogP contribution in [0.2, 0.25) is 0 Å². The van der Waals surface area contributed by atoms with Gasteiger partial charge in [-0.05, 0) is 19.8 Å². The van der Waals surface area contributed by atoms with Gasteiger partial charge in [0.25, 0.3) is 0 Å². The number of fused-ring (bicyclic) bond motifs is 2. The van der Waals surface area contributed by atoms with Crippen LogP contribution >= 0.6 is 0 Å². The average molecular weight is 408 g/mol. The SMILES string of the molecule is CC(=O)OCC12CCC(C)=CC1O[C@H]1[C@@H](OC(C)=O)[C@H](OC(C)=O)[C@]2(C)[C@@]12CO2. The molecule has 1 saturated carbocycles. The molecular weight excluding hydrogens is 380 g/mol. The Hall–Kier alpha value is -1.93. The van der Waals surface area contributed by atoms with Gasteiger partial charge in [0.05, 0.1) is 18.1 Å². The van der Waals surface area contributed by atoms with Gasteiger partial charge >= 0.3 is 17.9 Å². The second-order valence-corrected chi connectivity index (χ2v) is 8.91. The van der Waals surface area contributed by atoms with Crippen molar-refractivity contribution in [3.05, 3.63) is 11.6 Å². The van der Waals surface area contributed by atoms with Gasteiger partial charge in [0.1, 0.15) is 18.3 Å². The zero-order chi connectivity index (χ0) is 21.2. The quantitative estimate of drug-likeness (QED) is 0.300. The Balaban J connectivity index is 1.87. The molecule has 29 heavy (non-hydrogen) atoms. The molecule has 8 nitrogen and oxygen atoms in total. The second-order valence-electron chi connectivity index (χ2n) is 8.91. The van der Waals surface area contributed by atoms with E-state index in [4.69, 9.17) is 23.7 Å². The van der Waals surface area contributed by atoms with Gasteiger partial charge < -0.3 is 23.7 Å². The van der Waals surface area contributed by atoms with E-state index < -0.39 is 46.7 Å². The first-order valence-electron chi connectivity index (χ1n) is 10.0. The molecule has 2 saturated heterocycles. The number of epoxide rings is 1. The number of hydrogen-bond donors (Lipinski definition) is 0. The Morgan fingerprint density at radius 3 is 2.34 bits per heavy atom. The summed E-state index contributed by atoms with van der Waals surface area (Å²) in [6.07, 6.45) is 1.00. The predicted molar refractivity (Wildman–Crippen MR) is 98.6 cm³/mol. The first-order valence-corrected chi connectivity index (χ1v) is 10.0. The highest BCUT2D eigenvalue weighted by atomic mass is 16.7. The van der Waals surface area contributed by atoms with Gasteiger partial charge in [0.2, 0.25) is 0 Å². The summed E-state index contributed by atoms with van der Waals surface area (Å²) in [4.78, 5) is 35.6. The van der Waals surface area contributed by atoms with Crippen LogP contribution in [0.1, 0.15) is 47.5 Å². The van der Waals surface area contributed by atoms with Crippen molar-refractivity contribution in [2.24, 2.45) is 10.8 Å².